The molecule has 0 bridgehead atoms. The molecular weight excluding hydrogens is 216 g/mol. The normalized spacial score (nSPS) is 16.9. The van der Waals surface area contributed by atoms with Crippen LogP contribution in [0, 0.1) is 0 Å². The summed E-state index contributed by atoms with van der Waals surface area (Å²) in [4.78, 5) is 11.3. The van der Waals surface area contributed by atoms with Gasteiger partial charge in [0.05, 0.1) is 12.5 Å². The maximum atomic E-state index is 11.3. The van der Waals surface area contributed by atoms with Crippen molar-refractivity contribution in [2.75, 3.05) is 7.11 Å². The van der Waals surface area contributed by atoms with Crippen LogP contribution in [0.25, 0.3) is 0 Å². The number of ether oxygens (including phenoxy) is 1. The summed E-state index contributed by atoms with van der Waals surface area (Å²) in [7, 11) is 1.61. The van der Waals surface area contributed by atoms with Crippen molar-refractivity contribution >= 4 is 5.97 Å². The Morgan fingerprint density at radius 1 is 1.35 bits per heavy atom. The van der Waals surface area contributed by atoms with E-state index in [9.17, 15) is 9.90 Å². The van der Waals surface area contributed by atoms with Crippen LogP contribution >= 0.6 is 0 Å². The Bertz CT molecular complexity index is 445. The molecular formula is C14H18O3. The minimum atomic E-state index is -0.722. The van der Waals surface area contributed by atoms with E-state index >= 15 is 0 Å². The van der Waals surface area contributed by atoms with E-state index in [1.807, 2.05) is 18.2 Å². The minimum Gasteiger partial charge on any atom is -0.497 e. The number of rotatable bonds is 4. The standard InChI is InChI=1S/C14H18O3/c1-9(2)10-6-11(8-12(7-10)17-3)14(4-5-14)13(15)16/h6-9H,4-5H2,1-3H3,(H,15,16). The van der Waals surface area contributed by atoms with Crippen molar-refractivity contribution in [1.29, 1.82) is 0 Å². The van der Waals surface area contributed by atoms with E-state index in [1.54, 1.807) is 7.11 Å². The molecule has 3 nitrogen and oxygen atoms in total. The topological polar surface area (TPSA) is 46.5 Å². The number of hydrogen-bond donors (Lipinski definition) is 1. The molecule has 0 aromatic heterocycles. The number of carbonyl (C=O) groups is 1. The van der Waals surface area contributed by atoms with Gasteiger partial charge in [0.15, 0.2) is 0 Å². The van der Waals surface area contributed by atoms with Crippen molar-refractivity contribution in [3.05, 3.63) is 29.3 Å². The zero-order valence-corrected chi connectivity index (χ0v) is 10.5. The third-order valence-electron chi connectivity index (χ3n) is 3.54. The van der Waals surface area contributed by atoms with Crippen LogP contribution in [-0.4, -0.2) is 18.2 Å². The Kier molecular flexibility index (Phi) is 2.86. The number of hydrogen-bond acceptors (Lipinski definition) is 2. The van der Waals surface area contributed by atoms with Gasteiger partial charge >= 0.3 is 5.97 Å². The predicted molar refractivity (Wildman–Crippen MR) is 65.6 cm³/mol. The zero-order valence-electron chi connectivity index (χ0n) is 10.5. The number of carboxylic acid groups (broad SMARTS) is 1. The molecule has 17 heavy (non-hydrogen) atoms. The van der Waals surface area contributed by atoms with Crippen LogP contribution < -0.4 is 4.74 Å². The van der Waals surface area contributed by atoms with E-state index in [0.29, 0.717) is 5.92 Å². The second-order valence-electron chi connectivity index (χ2n) is 5.04. The summed E-state index contributed by atoms with van der Waals surface area (Å²) in [6, 6.07) is 5.84. The maximum Gasteiger partial charge on any atom is 0.314 e. The fourth-order valence-corrected chi connectivity index (χ4v) is 2.10. The van der Waals surface area contributed by atoms with E-state index in [4.69, 9.17) is 4.74 Å². The van der Waals surface area contributed by atoms with Gasteiger partial charge in [0.1, 0.15) is 5.75 Å². The monoisotopic (exact) mass is 234 g/mol. The second-order valence-corrected chi connectivity index (χ2v) is 5.04. The van der Waals surface area contributed by atoms with Gasteiger partial charge in [-0.05, 0) is 42.0 Å². The first-order chi connectivity index (χ1) is 7.99. The van der Waals surface area contributed by atoms with Gasteiger partial charge in [-0.25, -0.2) is 0 Å². The van der Waals surface area contributed by atoms with Gasteiger partial charge in [0, 0.05) is 0 Å². The van der Waals surface area contributed by atoms with Gasteiger partial charge in [-0.15, -0.1) is 0 Å². The number of methoxy groups -OCH3 is 1. The van der Waals surface area contributed by atoms with E-state index in [-0.39, 0.29) is 0 Å². The Labute approximate surface area is 101 Å². The van der Waals surface area contributed by atoms with Crippen LogP contribution in [0.5, 0.6) is 5.75 Å². The highest BCUT2D eigenvalue weighted by atomic mass is 16.5. The molecule has 1 aromatic carbocycles. The molecule has 1 aromatic rings. The molecule has 1 aliphatic rings. The summed E-state index contributed by atoms with van der Waals surface area (Å²) in [5.74, 6) is 0.396. The fraction of sp³-hybridized carbons (Fsp3) is 0.500. The Morgan fingerprint density at radius 2 is 2.00 bits per heavy atom. The smallest absolute Gasteiger partial charge is 0.314 e. The lowest BCUT2D eigenvalue weighted by Gasteiger charge is -2.15. The SMILES string of the molecule is COc1cc(C(C)C)cc(C2(C(=O)O)CC2)c1. The molecule has 2 rings (SSSR count). The van der Waals surface area contributed by atoms with Gasteiger partial charge in [0.2, 0.25) is 0 Å². The van der Waals surface area contributed by atoms with E-state index in [1.165, 1.54) is 0 Å². The number of carboxylic acids is 1. The highest BCUT2D eigenvalue weighted by molar-refractivity contribution is 5.85. The lowest BCUT2D eigenvalue weighted by atomic mass is 9.91. The molecule has 1 fully saturated rings. The van der Waals surface area contributed by atoms with Crippen LogP contribution in [0.3, 0.4) is 0 Å². The molecule has 0 unspecified atom stereocenters. The molecule has 0 amide bonds. The average molecular weight is 234 g/mol. The van der Waals surface area contributed by atoms with Crippen LogP contribution in [0.4, 0.5) is 0 Å². The summed E-state index contributed by atoms with van der Waals surface area (Å²) in [6.45, 7) is 4.19. The molecule has 1 aliphatic carbocycles. The highest BCUT2D eigenvalue weighted by Crippen LogP contribution is 2.49. The first-order valence-electron chi connectivity index (χ1n) is 5.92. The largest absolute Gasteiger partial charge is 0.497 e. The first-order valence-corrected chi connectivity index (χ1v) is 5.92. The molecule has 0 aliphatic heterocycles. The van der Waals surface area contributed by atoms with Gasteiger partial charge in [-0.3, -0.25) is 4.79 Å². The highest BCUT2D eigenvalue weighted by Gasteiger charge is 2.52. The van der Waals surface area contributed by atoms with Crippen molar-refractivity contribution in [1.82, 2.24) is 0 Å². The van der Waals surface area contributed by atoms with Gasteiger partial charge < -0.3 is 9.84 Å². The molecule has 92 valence electrons. The quantitative estimate of drug-likeness (QED) is 0.871. The number of benzene rings is 1. The predicted octanol–water partition coefficient (Wildman–Crippen LogP) is 2.93. The Balaban J connectivity index is 2.47. The minimum absolute atomic E-state index is 0.369. The van der Waals surface area contributed by atoms with E-state index < -0.39 is 11.4 Å². The van der Waals surface area contributed by atoms with Crippen molar-refractivity contribution in [3.63, 3.8) is 0 Å². The van der Waals surface area contributed by atoms with Crippen molar-refractivity contribution in [2.45, 2.75) is 38.0 Å². The van der Waals surface area contributed by atoms with Crippen LogP contribution in [0.2, 0.25) is 0 Å². The lowest BCUT2D eigenvalue weighted by molar-refractivity contribution is -0.140. The van der Waals surface area contributed by atoms with E-state index in [0.717, 1.165) is 29.7 Å². The summed E-state index contributed by atoms with van der Waals surface area (Å²) in [5, 5.41) is 9.31. The van der Waals surface area contributed by atoms with Crippen molar-refractivity contribution < 1.29 is 14.6 Å². The van der Waals surface area contributed by atoms with Gasteiger partial charge in [0.25, 0.3) is 0 Å². The van der Waals surface area contributed by atoms with Crippen molar-refractivity contribution in [2.24, 2.45) is 0 Å². The third-order valence-corrected chi connectivity index (χ3v) is 3.54. The van der Waals surface area contributed by atoms with Crippen LogP contribution in [0.1, 0.15) is 43.7 Å². The van der Waals surface area contributed by atoms with Gasteiger partial charge in [-0.1, -0.05) is 19.9 Å². The summed E-state index contributed by atoms with van der Waals surface area (Å²) in [6.07, 6.45) is 1.46. The zero-order chi connectivity index (χ0) is 12.6. The molecule has 3 heteroatoms. The fourth-order valence-electron chi connectivity index (χ4n) is 2.10. The summed E-state index contributed by atoms with van der Waals surface area (Å²) < 4.78 is 5.26. The summed E-state index contributed by atoms with van der Waals surface area (Å²) in [5.41, 5.74) is 1.36. The Hall–Kier alpha value is -1.51. The molecule has 0 spiro atoms. The van der Waals surface area contributed by atoms with E-state index in [2.05, 4.69) is 13.8 Å². The maximum absolute atomic E-state index is 11.3. The molecule has 1 N–H and O–H groups in total. The first kappa shape index (κ1) is 12.0. The van der Waals surface area contributed by atoms with Crippen LogP contribution in [0.15, 0.2) is 18.2 Å². The molecule has 0 atom stereocenters. The summed E-state index contributed by atoms with van der Waals surface area (Å²) >= 11 is 0. The molecule has 0 saturated heterocycles. The van der Waals surface area contributed by atoms with Gasteiger partial charge in [-0.2, -0.15) is 0 Å². The second kappa shape index (κ2) is 4.06. The average Bonchev–Trinajstić information content (AvgIpc) is 3.09. The molecule has 0 heterocycles. The van der Waals surface area contributed by atoms with Crippen molar-refractivity contribution in [3.8, 4) is 5.75 Å². The molecule has 1 saturated carbocycles. The molecule has 0 radical (unpaired) electrons. The third kappa shape index (κ3) is 2.02. The van der Waals surface area contributed by atoms with Crippen LogP contribution in [-0.2, 0) is 10.2 Å². The lowest BCUT2D eigenvalue weighted by Crippen LogP contribution is -2.19. The Morgan fingerprint density at radius 3 is 2.41 bits per heavy atom. The number of aliphatic carboxylic acids is 1.